The molecule has 16 heavy (non-hydrogen) atoms. The summed E-state index contributed by atoms with van der Waals surface area (Å²) < 4.78 is 4.63. The van der Waals surface area contributed by atoms with E-state index >= 15 is 0 Å². The number of nitrogens with one attached hydrogen (secondary N) is 1. The van der Waals surface area contributed by atoms with Gasteiger partial charge in [0, 0.05) is 0 Å². The van der Waals surface area contributed by atoms with Gasteiger partial charge in [0.05, 0.1) is 31.8 Å². The molecule has 0 aliphatic rings. The molecule has 0 aromatic rings. The second kappa shape index (κ2) is 7.12. The van der Waals surface area contributed by atoms with Crippen LogP contribution in [0.4, 0.5) is 0 Å². The average Bonchev–Trinajstić information content (AvgIpc) is 2.29. The minimum Gasteiger partial charge on any atom is -0.480 e. The molecule has 0 spiro atoms. The molecule has 0 fully saturated rings. The fourth-order valence-electron chi connectivity index (χ4n) is 0.845. The number of carbonyl (C=O) groups excluding carboxylic acids is 1. The van der Waals surface area contributed by atoms with Crippen molar-refractivity contribution < 1.29 is 29.6 Å². The number of ether oxygens (including phenoxy) is 1. The lowest BCUT2D eigenvalue weighted by molar-refractivity contribution is -0.145. The quantitative estimate of drug-likeness (QED) is 0.279. The van der Waals surface area contributed by atoms with Crippen molar-refractivity contribution in [2.45, 2.75) is 5.54 Å². The molecule has 0 saturated heterocycles. The van der Waals surface area contributed by atoms with Crippen LogP contribution in [0.15, 0.2) is 0 Å². The Morgan fingerprint density at radius 2 is 1.88 bits per heavy atom. The van der Waals surface area contributed by atoms with Crippen molar-refractivity contribution in [3.05, 3.63) is 0 Å². The first-order valence-electron chi connectivity index (χ1n) is 4.54. The number of aliphatic hydroxyl groups is 2. The van der Waals surface area contributed by atoms with Crippen LogP contribution in [0.5, 0.6) is 0 Å². The number of rotatable bonds is 8. The van der Waals surface area contributed by atoms with E-state index in [4.69, 9.17) is 21.1 Å². The zero-order valence-corrected chi connectivity index (χ0v) is 8.68. The molecule has 0 atom stereocenters. The van der Waals surface area contributed by atoms with Crippen molar-refractivity contribution >= 4 is 11.9 Å². The molecule has 0 saturated carbocycles. The van der Waals surface area contributed by atoms with Gasteiger partial charge in [0.25, 0.3) is 0 Å². The van der Waals surface area contributed by atoms with Crippen molar-refractivity contribution in [1.29, 1.82) is 0 Å². The fraction of sp³-hybridized carbons (Fsp3) is 0.750. The molecule has 0 aliphatic carbocycles. The number of aliphatic carboxylic acids is 1. The van der Waals surface area contributed by atoms with Gasteiger partial charge in [-0.25, -0.2) is 0 Å². The van der Waals surface area contributed by atoms with Crippen LogP contribution in [0.25, 0.3) is 0 Å². The maximum absolute atomic E-state index is 10.8. The normalized spacial score (nSPS) is 11.2. The topological polar surface area (TPSA) is 142 Å². The fourth-order valence-corrected chi connectivity index (χ4v) is 0.845. The minimum absolute atomic E-state index is 0.328. The van der Waals surface area contributed by atoms with Gasteiger partial charge in [-0.2, -0.15) is 0 Å². The minimum atomic E-state index is -1.37. The first-order chi connectivity index (χ1) is 7.49. The molecule has 0 aromatic carbocycles. The van der Waals surface area contributed by atoms with E-state index in [1.165, 1.54) is 0 Å². The van der Waals surface area contributed by atoms with Crippen LogP contribution < -0.4 is 11.1 Å². The molecule has 0 aliphatic heterocycles. The smallest absolute Gasteiger partial charge is 0.319 e. The maximum Gasteiger partial charge on any atom is 0.319 e. The highest BCUT2D eigenvalue weighted by atomic mass is 16.5. The maximum atomic E-state index is 10.8. The van der Waals surface area contributed by atoms with Gasteiger partial charge in [-0.3, -0.25) is 14.9 Å². The number of carboxylic acids is 1. The zero-order valence-electron chi connectivity index (χ0n) is 8.68. The summed E-state index contributed by atoms with van der Waals surface area (Å²) in [5, 5.41) is 28.9. The van der Waals surface area contributed by atoms with Gasteiger partial charge in [-0.1, -0.05) is 0 Å². The molecule has 6 N–H and O–H groups in total. The summed E-state index contributed by atoms with van der Waals surface area (Å²) in [6, 6.07) is 0. The summed E-state index contributed by atoms with van der Waals surface area (Å²) in [5.74, 6) is -1.86. The summed E-state index contributed by atoms with van der Waals surface area (Å²) >= 11 is 0. The summed E-state index contributed by atoms with van der Waals surface area (Å²) in [6.07, 6.45) is 0. The largest absolute Gasteiger partial charge is 0.480 e. The predicted octanol–water partition coefficient (Wildman–Crippen LogP) is -3.11. The first-order valence-corrected chi connectivity index (χ1v) is 4.54. The Balaban J connectivity index is 4.31. The van der Waals surface area contributed by atoms with Gasteiger partial charge >= 0.3 is 11.9 Å². The van der Waals surface area contributed by atoms with Crippen molar-refractivity contribution in [3.8, 4) is 0 Å². The van der Waals surface area contributed by atoms with E-state index < -0.39 is 37.2 Å². The number of nitrogens with two attached hydrogens (primary N) is 1. The number of aliphatic hydroxyl groups excluding tert-OH is 2. The Morgan fingerprint density at radius 3 is 2.25 bits per heavy atom. The summed E-state index contributed by atoms with van der Waals surface area (Å²) in [4.78, 5) is 21.1. The van der Waals surface area contributed by atoms with E-state index in [1.54, 1.807) is 0 Å². The SMILES string of the molecule is NCC(=O)OCC(CO)(CO)NCC(=O)O. The monoisotopic (exact) mass is 236 g/mol. The number of hydrogen-bond donors (Lipinski definition) is 5. The van der Waals surface area contributed by atoms with E-state index in [2.05, 4.69) is 10.1 Å². The number of carbonyl (C=O) groups is 2. The molecular weight excluding hydrogens is 220 g/mol. The van der Waals surface area contributed by atoms with Crippen molar-refractivity contribution in [2.24, 2.45) is 5.73 Å². The Hall–Kier alpha value is -1.22. The van der Waals surface area contributed by atoms with Crippen LogP contribution >= 0.6 is 0 Å². The standard InChI is InChI=1S/C8H16N2O6/c9-1-7(15)16-5-8(3-11,4-12)10-2-6(13)14/h10-12H,1-5,9H2,(H,13,14). The third kappa shape index (κ3) is 5.03. The Labute approximate surface area is 92.0 Å². The van der Waals surface area contributed by atoms with Crippen LogP contribution in [-0.2, 0) is 14.3 Å². The van der Waals surface area contributed by atoms with Crippen molar-refractivity contribution in [1.82, 2.24) is 5.32 Å². The number of carboxylic acid groups (broad SMARTS) is 1. The lowest BCUT2D eigenvalue weighted by Crippen LogP contribution is -2.57. The summed E-state index contributed by atoms with van der Waals surface area (Å²) in [6.45, 7) is -2.31. The van der Waals surface area contributed by atoms with E-state index in [-0.39, 0.29) is 13.2 Å². The van der Waals surface area contributed by atoms with E-state index in [0.29, 0.717) is 0 Å². The molecule has 0 aromatic heterocycles. The van der Waals surface area contributed by atoms with Gasteiger partial charge in [0.1, 0.15) is 6.61 Å². The Morgan fingerprint density at radius 1 is 1.31 bits per heavy atom. The predicted molar refractivity (Wildman–Crippen MR) is 52.6 cm³/mol. The van der Waals surface area contributed by atoms with Crippen molar-refractivity contribution in [2.75, 3.05) is 32.9 Å². The Bertz CT molecular complexity index is 241. The highest BCUT2D eigenvalue weighted by Crippen LogP contribution is 2.03. The van der Waals surface area contributed by atoms with Crippen LogP contribution in [0.1, 0.15) is 0 Å². The van der Waals surface area contributed by atoms with Crippen LogP contribution in [0, 0.1) is 0 Å². The molecule has 0 rings (SSSR count). The van der Waals surface area contributed by atoms with E-state index in [1.807, 2.05) is 0 Å². The third-order valence-electron chi connectivity index (χ3n) is 1.90. The van der Waals surface area contributed by atoms with E-state index in [9.17, 15) is 9.59 Å². The van der Waals surface area contributed by atoms with Gasteiger partial charge in [-0.05, 0) is 0 Å². The van der Waals surface area contributed by atoms with Crippen LogP contribution in [0.2, 0.25) is 0 Å². The average molecular weight is 236 g/mol. The lowest BCUT2D eigenvalue weighted by Gasteiger charge is -2.29. The Kier molecular flexibility index (Phi) is 6.58. The van der Waals surface area contributed by atoms with Crippen LogP contribution in [-0.4, -0.2) is 65.7 Å². The lowest BCUT2D eigenvalue weighted by atomic mass is 10.0. The molecule has 0 bridgehead atoms. The van der Waals surface area contributed by atoms with E-state index in [0.717, 1.165) is 0 Å². The van der Waals surface area contributed by atoms with Gasteiger partial charge < -0.3 is 25.8 Å². The van der Waals surface area contributed by atoms with Gasteiger partial charge in [-0.15, -0.1) is 0 Å². The zero-order chi connectivity index (χ0) is 12.6. The molecule has 0 unspecified atom stereocenters. The van der Waals surface area contributed by atoms with Crippen LogP contribution in [0.3, 0.4) is 0 Å². The molecule has 0 amide bonds. The molecule has 0 heterocycles. The number of esters is 1. The summed E-state index contributed by atoms with van der Waals surface area (Å²) in [5.41, 5.74) is 3.62. The second-order valence-electron chi connectivity index (χ2n) is 3.21. The third-order valence-corrected chi connectivity index (χ3v) is 1.90. The molecule has 0 radical (unpaired) electrons. The number of hydrogen-bond acceptors (Lipinski definition) is 7. The first kappa shape index (κ1) is 14.8. The second-order valence-corrected chi connectivity index (χ2v) is 3.21. The molecule has 94 valence electrons. The van der Waals surface area contributed by atoms with Gasteiger partial charge in [0.2, 0.25) is 0 Å². The molecule has 8 heteroatoms. The summed E-state index contributed by atoms with van der Waals surface area (Å²) in [7, 11) is 0. The highest BCUT2D eigenvalue weighted by Gasteiger charge is 2.30. The molecular formula is C8H16N2O6. The van der Waals surface area contributed by atoms with Gasteiger partial charge in [0.15, 0.2) is 0 Å². The highest BCUT2D eigenvalue weighted by molar-refractivity contribution is 5.71. The molecule has 8 nitrogen and oxygen atoms in total. The van der Waals surface area contributed by atoms with Crippen molar-refractivity contribution in [3.63, 3.8) is 0 Å².